The largest absolute Gasteiger partial charge is 0.476 e. The fraction of sp³-hybridized carbons (Fsp3) is 0.382. The topological polar surface area (TPSA) is 105 Å². The van der Waals surface area contributed by atoms with E-state index in [2.05, 4.69) is 40.4 Å². The zero-order valence-corrected chi connectivity index (χ0v) is 27.0. The highest BCUT2D eigenvalue weighted by atomic mass is 32.2. The maximum absolute atomic E-state index is 13.6. The van der Waals surface area contributed by atoms with E-state index in [4.69, 9.17) is 4.74 Å². The summed E-state index contributed by atoms with van der Waals surface area (Å²) < 4.78 is 35.9. The van der Waals surface area contributed by atoms with Crippen molar-refractivity contribution in [2.24, 2.45) is 0 Å². The smallest absolute Gasteiger partial charge is 0.262 e. The van der Waals surface area contributed by atoms with Gasteiger partial charge in [-0.15, -0.1) is 0 Å². The molecular formula is C34H39N5O4S. The maximum atomic E-state index is 13.6. The molecule has 0 bridgehead atoms. The van der Waals surface area contributed by atoms with Gasteiger partial charge in [0.15, 0.2) is 0 Å². The van der Waals surface area contributed by atoms with Gasteiger partial charge in [0.2, 0.25) is 11.8 Å². The molecule has 1 fully saturated rings. The fourth-order valence-electron chi connectivity index (χ4n) is 5.93. The van der Waals surface area contributed by atoms with Crippen LogP contribution in [0.1, 0.15) is 51.2 Å². The zero-order valence-electron chi connectivity index (χ0n) is 26.1. The van der Waals surface area contributed by atoms with Crippen molar-refractivity contribution in [1.29, 1.82) is 0 Å². The summed E-state index contributed by atoms with van der Waals surface area (Å²) in [5.74, 6) is 0.340. The highest BCUT2D eigenvalue weighted by Gasteiger charge is 2.59. The van der Waals surface area contributed by atoms with Crippen molar-refractivity contribution in [2.45, 2.75) is 55.8 Å². The minimum Gasteiger partial charge on any atom is -0.476 e. The molecule has 230 valence electrons. The molecule has 9 nitrogen and oxygen atoms in total. The van der Waals surface area contributed by atoms with Gasteiger partial charge in [0, 0.05) is 36.3 Å². The number of fused-ring (bicyclic) bond motifs is 4. The van der Waals surface area contributed by atoms with Gasteiger partial charge in [0.1, 0.15) is 5.69 Å². The highest BCUT2D eigenvalue weighted by molar-refractivity contribution is 7.92. The van der Waals surface area contributed by atoms with E-state index in [-0.39, 0.29) is 27.8 Å². The van der Waals surface area contributed by atoms with Gasteiger partial charge < -0.3 is 14.5 Å². The first-order valence-corrected chi connectivity index (χ1v) is 16.4. The normalized spacial score (nSPS) is 15.7. The van der Waals surface area contributed by atoms with Gasteiger partial charge in [-0.2, -0.15) is 0 Å². The number of pyridine rings is 2. The van der Waals surface area contributed by atoms with Crippen molar-refractivity contribution < 1.29 is 17.9 Å². The number of benzene rings is 2. The van der Waals surface area contributed by atoms with Crippen molar-refractivity contribution >= 4 is 38.2 Å². The van der Waals surface area contributed by atoms with Gasteiger partial charge in [0.25, 0.3) is 10.0 Å². The van der Waals surface area contributed by atoms with Gasteiger partial charge in [-0.3, -0.25) is 14.5 Å². The van der Waals surface area contributed by atoms with Crippen LogP contribution in [0.15, 0.2) is 65.8 Å². The number of amides is 1. The first-order valence-electron chi connectivity index (χ1n) is 14.9. The second-order valence-corrected chi connectivity index (χ2v) is 14.8. The van der Waals surface area contributed by atoms with Crippen LogP contribution in [0.3, 0.4) is 0 Å². The maximum Gasteiger partial charge on any atom is 0.262 e. The predicted molar refractivity (Wildman–Crippen MR) is 174 cm³/mol. The van der Waals surface area contributed by atoms with Crippen LogP contribution in [0.4, 0.5) is 11.4 Å². The van der Waals surface area contributed by atoms with Crippen molar-refractivity contribution in [1.82, 2.24) is 14.9 Å². The number of carbonyl (C=O) groups is 1. The molecule has 1 amide bonds. The third-order valence-corrected chi connectivity index (χ3v) is 9.98. The van der Waals surface area contributed by atoms with E-state index in [1.807, 2.05) is 51.5 Å². The Morgan fingerprint density at radius 3 is 2.39 bits per heavy atom. The third kappa shape index (κ3) is 5.41. The van der Waals surface area contributed by atoms with Gasteiger partial charge in [-0.05, 0) is 80.2 Å². The highest BCUT2D eigenvalue weighted by Crippen LogP contribution is 2.58. The number of rotatable bonds is 9. The van der Waals surface area contributed by atoms with E-state index < -0.39 is 15.4 Å². The molecule has 1 aliphatic heterocycles. The lowest BCUT2D eigenvalue weighted by molar-refractivity contribution is -0.119. The number of nitrogens with zero attached hydrogens (tertiary/aromatic N) is 4. The Labute approximate surface area is 259 Å². The monoisotopic (exact) mass is 613 g/mol. The average molecular weight is 614 g/mol. The van der Waals surface area contributed by atoms with Crippen LogP contribution in [0.2, 0.25) is 0 Å². The summed E-state index contributed by atoms with van der Waals surface area (Å²) in [6.07, 6.45) is 5.90. The summed E-state index contributed by atoms with van der Waals surface area (Å²) in [7, 11) is 1.86. The lowest BCUT2D eigenvalue weighted by Gasteiger charge is -2.19. The van der Waals surface area contributed by atoms with E-state index in [0.717, 1.165) is 59.1 Å². The molecule has 2 aliphatic rings. The average Bonchev–Trinajstić information content (AvgIpc) is 3.75. The van der Waals surface area contributed by atoms with Crippen LogP contribution in [-0.4, -0.2) is 63.5 Å². The van der Waals surface area contributed by atoms with E-state index in [1.54, 1.807) is 35.5 Å². The minimum atomic E-state index is -3.93. The molecule has 1 spiro atoms. The Hall–Kier alpha value is -4.02. The molecule has 6 rings (SSSR count). The number of nitrogens with one attached hydrogen (secondary N) is 1. The molecule has 1 saturated carbocycles. The number of carbonyl (C=O) groups excluding carboxylic acids is 1. The summed E-state index contributed by atoms with van der Waals surface area (Å²) in [6, 6.07) is 14.6. The fourth-order valence-corrected chi connectivity index (χ4v) is 6.98. The number of hydrogen-bond acceptors (Lipinski definition) is 7. The van der Waals surface area contributed by atoms with Gasteiger partial charge >= 0.3 is 0 Å². The van der Waals surface area contributed by atoms with Crippen LogP contribution >= 0.6 is 0 Å². The minimum absolute atomic E-state index is 0.0983. The molecule has 10 heteroatoms. The number of ether oxygens (including phenoxy) is 1. The van der Waals surface area contributed by atoms with E-state index in [9.17, 15) is 13.2 Å². The Bertz CT molecular complexity index is 1860. The predicted octanol–water partition coefficient (Wildman–Crippen LogP) is 5.73. The SMILES string of the molecule is CN(C)CCCOc1ncc(-c2ccc3ncc4c(c3c2)C2(CC2)C(=O)N4C)cc1NS(=O)(=O)c1ccc(C(C)(C)C)cc1. The summed E-state index contributed by atoms with van der Waals surface area (Å²) in [5.41, 5.74) is 5.00. The number of sulfonamides is 1. The second kappa shape index (κ2) is 10.9. The van der Waals surface area contributed by atoms with Crippen molar-refractivity contribution in [3.63, 3.8) is 0 Å². The number of hydrogen-bond donors (Lipinski definition) is 1. The Morgan fingerprint density at radius 1 is 1.00 bits per heavy atom. The number of aromatic nitrogens is 2. The number of likely N-dealkylation sites (N-methyl/N-ethyl adjacent to an activating group) is 1. The first kappa shape index (κ1) is 30.0. The van der Waals surface area contributed by atoms with Crippen molar-refractivity contribution in [3.05, 3.63) is 72.1 Å². The zero-order chi connectivity index (χ0) is 31.4. The third-order valence-electron chi connectivity index (χ3n) is 8.60. The molecule has 44 heavy (non-hydrogen) atoms. The van der Waals surface area contributed by atoms with Gasteiger partial charge in [-0.1, -0.05) is 39.0 Å². The van der Waals surface area contributed by atoms with Crippen molar-refractivity contribution in [3.8, 4) is 17.0 Å². The van der Waals surface area contributed by atoms with Gasteiger partial charge in [-0.25, -0.2) is 13.4 Å². The van der Waals surface area contributed by atoms with Crippen LogP contribution in [-0.2, 0) is 25.6 Å². The molecule has 1 N–H and O–H groups in total. The van der Waals surface area contributed by atoms with Crippen LogP contribution in [0.25, 0.3) is 22.0 Å². The second-order valence-electron chi connectivity index (χ2n) is 13.2. The van der Waals surface area contributed by atoms with E-state index in [0.29, 0.717) is 12.2 Å². The lowest BCUT2D eigenvalue weighted by atomic mass is 9.87. The first-order chi connectivity index (χ1) is 20.8. The Balaban J connectivity index is 1.38. The lowest BCUT2D eigenvalue weighted by Crippen LogP contribution is -2.28. The number of anilines is 2. The summed E-state index contributed by atoms with van der Waals surface area (Å²) >= 11 is 0. The molecule has 0 radical (unpaired) electrons. The molecule has 4 aromatic rings. The molecule has 0 saturated heterocycles. The molecule has 0 unspecified atom stereocenters. The standard InChI is InChI=1S/C34H39N5O4S/c1-33(2,3)24-9-11-25(12-10-24)44(41,42)37-28-19-23(20-36-31(28)43-17-7-16-38(4)5)22-8-13-27-26(18-22)30-29(21-35-27)39(6)32(40)34(30)14-15-34/h8-13,18-21,37H,7,14-17H2,1-6H3. The van der Waals surface area contributed by atoms with E-state index >= 15 is 0 Å². The molecule has 3 heterocycles. The molecular weight excluding hydrogens is 574 g/mol. The summed E-state index contributed by atoms with van der Waals surface area (Å²) in [4.78, 5) is 26.2. The quantitative estimate of drug-likeness (QED) is 0.240. The molecule has 0 atom stereocenters. The Kier molecular flexibility index (Phi) is 7.41. The van der Waals surface area contributed by atoms with Crippen molar-refractivity contribution in [2.75, 3.05) is 43.9 Å². The van der Waals surface area contributed by atoms with E-state index in [1.165, 1.54) is 0 Å². The summed E-state index contributed by atoms with van der Waals surface area (Å²) in [5, 5.41) is 0.931. The Morgan fingerprint density at radius 2 is 1.73 bits per heavy atom. The molecule has 2 aromatic heterocycles. The molecule has 2 aromatic carbocycles. The van der Waals surface area contributed by atoms with Crippen LogP contribution < -0.4 is 14.4 Å². The van der Waals surface area contributed by atoms with Crippen LogP contribution in [0.5, 0.6) is 5.88 Å². The summed E-state index contributed by atoms with van der Waals surface area (Å²) in [6.45, 7) is 7.47. The molecule has 1 aliphatic carbocycles. The van der Waals surface area contributed by atoms with Gasteiger partial charge in [0.05, 0.1) is 34.3 Å². The van der Waals surface area contributed by atoms with Crippen LogP contribution in [0, 0.1) is 0 Å².